The van der Waals surface area contributed by atoms with E-state index in [4.69, 9.17) is 0 Å². The molecule has 4 rings (SSSR count). The lowest BCUT2D eigenvalue weighted by Crippen LogP contribution is -2.32. The van der Waals surface area contributed by atoms with Gasteiger partial charge in [-0.25, -0.2) is 0 Å². The van der Waals surface area contributed by atoms with Crippen molar-refractivity contribution < 1.29 is 0 Å². The number of hydrogen-bond donors (Lipinski definition) is 0. The summed E-state index contributed by atoms with van der Waals surface area (Å²) < 4.78 is 0. The number of hydrogen-bond acceptors (Lipinski definition) is 2. The fourth-order valence-electron chi connectivity index (χ4n) is 3.33. The van der Waals surface area contributed by atoms with E-state index in [-0.39, 0.29) is 0 Å². The summed E-state index contributed by atoms with van der Waals surface area (Å²) in [5.74, 6) is 0. The summed E-state index contributed by atoms with van der Waals surface area (Å²) in [7, 11) is 2.15. The molecule has 1 saturated carbocycles. The van der Waals surface area contributed by atoms with Gasteiger partial charge in [-0.2, -0.15) is 0 Å². The zero-order chi connectivity index (χ0) is 14.2. The van der Waals surface area contributed by atoms with Gasteiger partial charge in [0.05, 0.1) is 0 Å². The molecule has 0 radical (unpaired) electrons. The predicted octanol–water partition coefficient (Wildman–Crippen LogP) is 3.98. The molecular weight excluding hydrogens is 256 g/mol. The van der Waals surface area contributed by atoms with E-state index in [1.165, 1.54) is 48.3 Å². The van der Waals surface area contributed by atoms with Gasteiger partial charge >= 0.3 is 0 Å². The number of benzene rings is 2. The Kier molecular flexibility index (Phi) is 3.19. The van der Waals surface area contributed by atoms with Crippen molar-refractivity contribution in [3.8, 4) is 0 Å². The zero-order valence-electron chi connectivity index (χ0n) is 12.6. The van der Waals surface area contributed by atoms with Crippen molar-refractivity contribution in [3.05, 3.63) is 59.7 Å². The smallest absolute Gasteiger partial charge is 0.0411 e. The number of fused-ring (bicyclic) bond motifs is 1. The molecule has 0 aromatic heterocycles. The van der Waals surface area contributed by atoms with Crippen LogP contribution in [0.4, 0.5) is 11.4 Å². The standard InChI is InChI=1S/C19H22N2/c1-20(17-5-3-2-4-6-17)19-8-7-15-11-12-21(18-9-10-18)14-16(15)13-19/h2-8,13,18H,9-12,14H2,1H3. The summed E-state index contributed by atoms with van der Waals surface area (Å²) in [6.07, 6.45) is 4.01. The molecule has 0 bridgehead atoms. The summed E-state index contributed by atoms with van der Waals surface area (Å²) in [5.41, 5.74) is 5.59. The first-order chi connectivity index (χ1) is 10.3. The third-order valence-corrected chi connectivity index (χ3v) is 4.83. The summed E-state index contributed by atoms with van der Waals surface area (Å²) in [6.45, 7) is 2.38. The molecule has 0 atom stereocenters. The van der Waals surface area contributed by atoms with E-state index in [1.54, 1.807) is 0 Å². The van der Waals surface area contributed by atoms with E-state index in [0.717, 1.165) is 12.6 Å². The Morgan fingerprint density at radius 3 is 2.52 bits per heavy atom. The Balaban J connectivity index is 1.61. The van der Waals surface area contributed by atoms with Crippen LogP contribution < -0.4 is 4.90 Å². The van der Waals surface area contributed by atoms with Crippen LogP contribution in [0.5, 0.6) is 0 Å². The fourth-order valence-corrected chi connectivity index (χ4v) is 3.33. The zero-order valence-corrected chi connectivity index (χ0v) is 12.6. The van der Waals surface area contributed by atoms with Crippen molar-refractivity contribution in [1.29, 1.82) is 0 Å². The molecule has 2 heteroatoms. The maximum atomic E-state index is 2.66. The average molecular weight is 278 g/mol. The minimum atomic E-state index is 0.869. The topological polar surface area (TPSA) is 6.48 Å². The normalized spacial score (nSPS) is 18.3. The summed E-state index contributed by atoms with van der Waals surface area (Å²) in [4.78, 5) is 4.94. The summed E-state index contributed by atoms with van der Waals surface area (Å²) in [5, 5.41) is 0. The molecule has 0 N–H and O–H groups in total. The van der Waals surface area contributed by atoms with Gasteiger partial charge in [-0.1, -0.05) is 24.3 Å². The number of anilines is 2. The highest BCUT2D eigenvalue weighted by Gasteiger charge is 2.31. The van der Waals surface area contributed by atoms with Crippen LogP contribution in [0, 0.1) is 0 Å². The molecule has 0 saturated heterocycles. The first kappa shape index (κ1) is 12.9. The minimum Gasteiger partial charge on any atom is -0.345 e. The van der Waals surface area contributed by atoms with Crippen molar-refractivity contribution in [2.45, 2.75) is 31.8 Å². The SMILES string of the molecule is CN(c1ccccc1)c1ccc2c(c1)CN(C1CC1)CC2. The van der Waals surface area contributed by atoms with Gasteiger partial charge in [0.15, 0.2) is 0 Å². The van der Waals surface area contributed by atoms with Gasteiger partial charge in [-0.15, -0.1) is 0 Å². The van der Waals surface area contributed by atoms with Crippen molar-refractivity contribution in [1.82, 2.24) is 4.90 Å². The highest BCUT2D eigenvalue weighted by atomic mass is 15.2. The van der Waals surface area contributed by atoms with Gasteiger partial charge in [0.25, 0.3) is 0 Å². The van der Waals surface area contributed by atoms with E-state index >= 15 is 0 Å². The largest absolute Gasteiger partial charge is 0.345 e. The second-order valence-corrected chi connectivity index (χ2v) is 6.30. The molecule has 2 aromatic rings. The van der Waals surface area contributed by atoms with Crippen molar-refractivity contribution in [3.63, 3.8) is 0 Å². The fraction of sp³-hybridized carbons (Fsp3) is 0.368. The van der Waals surface area contributed by atoms with Crippen LogP contribution in [-0.4, -0.2) is 24.5 Å². The van der Waals surface area contributed by atoms with Crippen molar-refractivity contribution in [2.24, 2.45) is 0 Å². The van der Waals surface area contributed by atoms with Crippen LogP contribution in [0.1, 0.15) is 24.0 Å². The van der Waals surface area contributed by atoms with Crippen LogP contribution in [0.2, 0.25) is 0 Å². The molecule has 0 unspecified atom stereocenters. The van der Waals surface area contributed by atoms with Crippen LogP contribution in [-0.2, 0) is 13.0 Å². The maximum absolute atomic E-state index is 2.66. The Hall–Kier alpha value is -1.80. The Morgan fingerprint density at radius 2 is 1.76 bits per heavy atom. The van der Waals surface area contributed by atoms with Crippen LogP contribution in [0.3, 0.4) is 0 Å². The molecule has 0 spiro atoms. The van der Waals surface area contributed by atoms with Gasteiger partial charge in [0, 0.05) is 37.6 Å². The van der Waals surface area contributed by atoms with E-state index in [0.29, 0.717) is 0 Å². The van der Waals surface area contributed by atoms with E-state index in [1.807, 2.05) is 0 Å². The van der Waals surface area contributed by atoms with Crippen LogP contribution in [0.25, 0.3) is 0 Å². The lowest BCUT2D eigenvalue weighted by Gasteiger charge is -2.30. The first-order valence-corrected chi connectivity index (χ1v) is 7.96. The van der Waals surface area contributed by atoms with Crippen LogP contribution in [0.15, 0.2) is 48.5 Å². The highest BCUT2D eigenvalue weighted by Crippen LogP contribution is 2.33. The lowest BCUT2D eigenvalue weighted by atomic mass is 9.98. The molecular formula is C19H22N2. The predicted molar refractivity (Wildman–Crippen MR) is 88.1 cm³/mol. The van der Waals surface area contributed by atoms with Crippen molar-refractivity contribution >= 4 is 11.4 Å². The van der Waals surface area contributed by atoms with Gasteiger partial charge in [-0.3, -0.25) is 4.90 Å². The third kappa shape index (κ3) is 2.56. The van der Waals surface area contributed by atoms with E-state index in [9.17, 15) is 0 Å². The molecule has 2 aliphatic rings. The third-order valence-electron chi connectivity index (χ3n) is 4.83. The van der Waals surface area contributed by atoms with E-state index < -0.39 is 0 Å². The monoisotopic (exact) mass is 278 g/mol. The van der Waals surface area contributed by atoms with Crippen LogP contribution >= 0.6 is 0 Å². The quantitative estimate of drug-likeness (QED) is 0.838. The van der Waals surface area contributed by atoms with Gasteiger partial charge in [-0.05, 0) is 54.7 Å². The second kappa shape index (κ2) is 5.19. The summed E-state index contributed by atoms with van der Waals surface area (Å²) >= 11 is 0. The van der Waals surface area contributed by atoms with Gasteiger partial charge in [0.1, 0.15) is 0 Å². The number of nitrogens with zero attached hydrogens (tertiary/aromatic N) is 2. The van der Waals surface area contributed by atoms with Gasteiger partial charge < -0.3 is 4.90 Å². The molecule has 0 amide bonds. The Labute approximate surface area is 127 Å². The molecule has 1 aliphatic heterocycles. The Bertz CT molecular complexity index is 631. The molecule has 1 aliphatic carbocycles. The van der Waals surface area contributed by atoms with Crippen molar-refractivity contribution in [2.75, 3.05) is 18.5 Å². The first-order valence-electron chi connectivity index (χ1n) is 7.96. The molecule has 2 nitrogen and oxygen atoms in total. The molecule has 2 aromatic carbocycles. The minimum absolute atomic E-state index is 0.869. The lowest BCUT2D eigenvalue weighted by molar-refractivity contribution is 0.244. The molecule has 21 heavy (non-hydrogen) atoms. The Morgan fingerprint density at radius 1 is 0.952 bits per heavy atom. The molecule has 1 heterocycles. The highest BCUT2D eigenvalue weighted by molar-refractivity contribution is 5.63. The maximum Gasteiger partial charge on any atom is 0.0411 e. The number of rotatable bonds is 3. The van der Waals surface area contributed by atoms with Gasteiger partial charge in [0.2, 0.25) is 0 Å². The molecule has 108 valence electrons. The average Bonchev–Trinajstić information content (AvgIpc) is 3.39. The number of para-hydroxylation sites is 1. The van der Waals surface area contributed by atoms with E-state index in [2.05, 4.69) is 65.4 Å². The summed E-state index contributed by atoms with van der Waals surface area (Å²) in [6, 6.07) is 18.4. The molecule has 1 fully saturated rings. The second-order valence-electron chi connectivity index (χ2n) is 6.30.